The summed E-state index contributed by atoms with van der Waals surface area (Å²) < 4.78 is 11.5. The second-order valence-electron chi connectivity index (χ2n) is 7.23. The zero-order valence-electron chi connectivity index (χ0n) is 18.5. The van der Waals surface area contributed by atoms with Gasteiger partial charge in [0, 0.05) is 17.3 Å². The number of carbonyl (C=O) groups excluding carboxylic acids is 3. The van der Waals surface area contributed by atoms with E-state index >= 15 is 0 Å². The highest BCUT2D eigenvalue weighted by Gasteiger charge is 2.26. The molecule has 0 fully saturated rings. The molecular formula is C23H29N3O5. The third kappa shape index (κ3) is 6.28. The SMILES string of the molecule is CC[C@H](C)[C@@H](NC(=O)COC(=O)/C=C/c1c(C)nn(-c2ccccc2)c1C)C(=O)OC. The summed E-state index contributed by atoms with van der Waals surface area (Å²) in [7, 11) is 1.26. The lowest BCUT2D eigenvalue weighted by molar-refractivity contribution is -0.148. The maximum Gasteiger partial charge on any atom is 0.331 e. The third-order valence-electron chi connectivity index (χ3n) is 5.06. The van der Waals surface area contributed by atoms with Gasteiger partial charge in [-0.2, -0.15) is 5.10 Å². The lowest BCUT2D eigenvalue weighted by atomic mass is 9.99. The first-order chi connectivity index (χ1) is 14.8. The van der Waals surface area contributed by atoms with Gasteiger partial charge in [-0.25, -0.2) is 14.3 Å². The molecule has 2 atom stereocenters. The Morgan fingerprint density at radius 3 is 2.48 bits per heavy atom. The van der Waals surface area contributed by atoms with Gasteiger partial charge in [-0.15, -0.1) is 0 Å². The normalized spacial score (nSPS) is 12.9. The number of methoxy groups -OCH3 is 1. The molecule has 1 aromatic carbocycles. The van der Waals surface area contributed by atoms with Gasteiger partial charge in [-0.3, -0.25) is 4.79 Å². The second-order valence-corrected chi connectivity index (χ2v) is 7.23. The molecule has 2 aromatic rings. The van der Waals surface area contributed by atoms with Crippen molar-refractivity contribution in [1.82, 2.24) is 15.1 Å². The van der Waals surface area contributed by atoms with Crippen molar-refractivity contribution in [2.45, 2.75) is 40.2 Å². The van der Waals surface area contributed by atoms with Crippen LogP contribution < -0.4 is 5.32 Å². The number of para-hydroxylation sites is 1. The Kier molecular flexibility index (Phi) is 8.54. The van der Waals surface area contributed by atoms with Crippen LogP contribution in [0.3, 0.4) is 0 Å². The highest BCUT2D eigenvalue weighted by atomic mass is 16.5. The fourth-order valence-corrected chi connectivity index (χ4v) is 3.06. The summed E-state index contributed by atoms with van der Waals surface area (Å²) in [6.07, 6.45) is 3.55. The molecule has 166 valence electrons. The van der Waals surface area contributed by atoms with Gasteiger partial charge in [-0.1, -0.05) is 38.5 Å². The zero-order chi connectivity index (χ0) is 23.0. The van der Waals surface area contributed by atoms with Crippen LogP contribution in [0.25, 0.3) is 11.8 Å². The lowest BCUT2D eigenvalue weighted by Gasteiger charge is -2.21. The van der Waals surface area contributed by atoms with E-state index in [0.29, 0.717) is 6.42 Å². The van der Waals surface area contributed by atoms with Crippen LogP contribution in [-0.2, 0) is 23.9 Å². The first kappa shape index (κ1) is 23.9. The third-order valence-corrected chi connectivity index (χ3v) is 5.06. The number of ether oxygens (including phenoxy) is 2. The zero-order valence-corrected chi connectivity index (χ0v) is 18.5. The van der Waals surface area contributed by atoms with E-state index in [4.69, 9.17) is 9.47 Å². The number of hydrogen-bond acceptors (Lipinski definition) is 6. The Morgan fingerprint density at radius 2 is 1.87 bits per heavy atom. The first-order valence-electron chi connectivity index (χ1n) is 10.1. The fourth-order valence-electron chi connectivity index (χ4n) is 3.06. The molecule has 0 radical (unpaired) electrons. The van der Waals surface area contributed by atoms with Crippen LogP contribution in [-0.4, -0.2) is 47.4 Å². The summed E-state index contributed by atoms with van der Waals surface area (Å²) in [5.41, 5.74) is 3.36. The molecule has 1 N–H and O–H groups in total. The van der Waals surface area contributed by atoms with Crippen molar-refractivity contribution in [2.24, 2.45) is 5.92 Å². The molecule has 0 aliphatic rings. The highest BCUT2D eigenvalue weighted by Crippen LogP contribution is 2.19. The Hall–Kier alpha value is -3.42. The molecule has 1 amide bonds. The van der Waals surface area contributed by atoms with E-state index in [1.165, 1.54) is 13.2 Å². The van der Waals surface area contributed by atoms with Crippen molar-refractivity contribution in [3.05, 3.63) is 53.4 Å². The quantitative estimate of drug-likeness (QED) is 0.488. The molecule has 1 aromatic heterocycles. The van der Waals surface area contributed by atoms with E-state index in [2.05, 4.69) is 10.4 Å². The molecule has 0 aliphatic heterocycles. The molecular weight excluding hydrogens is 398 g/mol. The lowest BCUT2D eigenvalue weighted by Crippen LogP contribution is -2.47. The second kappa shape index (κ2) is 11.1. The summed E-state index contributed by atoms with van der Waals surface area (Å²) >= 11 is 0. The number of amides is 1. The van der Waals surface area contributed by atoms with Crippen molar-refractivity contribution in [2.75, 3.05) is 13.7 Å². The topological polar surface area (TPSA) is 99.5 Å². The number of hydrogen-bond donors (Lipinski definition) is 1. The van der Waals surface area contributed by atoms with Crippen LogP contribution in [0.1, 0.15) is 37.2 Å². The van der Waals surface area contributed by atoms with Gasteiger partial charge in [0.25, 0.3) is 5.91 Å². The summed E-state index contributed by atoms with van der Waals surface area (Å²) in [4.78, 5) is 36.0. The molecule has 0 spiro atoms. The molecule has 0 bridgehead atoms. The van der Waals surface area contributed by atoms with Gasteiger partial charge >= 0.3 is 11.9 Å². The summed E-state index contributed by atoms with van der Waals surface area (Å²) in [6, 6.07) is 8.89. The number of aromatic nitrogens is 2. The van der Waals surface area contributed by atoms with E-state index in [9.17, 15) is 14.4 Å². The number of rotatable bonds is 9. The number of esters is 2. The van der Waals surface area contributed by atoms with Gasteiger partial charge in [0.2, 0.25) is 0 Å². The molecule has 0 saturated heterocycles. The number of carbonyl (C=O) groups is 3. The minimum absolute atomic E-state index is 0.112. The summed E-state index contributed by atoms with van der Waals surface area (Å²) in [6.45, 7) is 7.01. The largest absolute Gasteiger partial charge is 0.467 e. The van der Waals surface area contributed by atoms with Crippen LogP contribution in [0.4, 0.5) is 0 Å². The molecule has 31 heavy (non-hydrogen) atoms. The Labute approximate surface area is 182 Å². The van der Waals surface area contributed by atoms with E-state index < -0.39 is 30.5 Å². The number of aryl methyl sites for hydroxylation is 1. The maximum atomic E-state index is 12.1. The van der Waals surface area contributed by atoms with Crippen molar-refractivity contribution in [1.29, 1.82) is 0 Å². The van der Waals surface area contributed by atoms with Crippen LogP contribution in [0, 0.1) is 19.8 Å². The van der Waals surface area contributed by atoms with Gasteiger partial charge in [0.05, 0.1) is 18.5 Å². The molecule has 0 aliphatic carbocycles. The van der Waals surface area contributed by atoms with Crippen LogP contribution >= 0.6 is 0 Å². The minimum atomic E-state index is -0.786. The van der Waals surface area contributed by atoms with Crippen molar-refractivity contribution < 1.29 is 23.9 Å². The number of benzene rings is 1. The van der Waals surface area contributed by atoms with E-state index in [1.807, 2.05) is 58.0 Å². The average molecular weight is 428 g/mol. The smallest absolute Gasteiger partial charge is 0.331 e. The molecule has 2 rings (SSSR count). The maximum absolute atomic E-state index is 12.1. The van der Waals surface area contributed by atoms with Crippen LogP contribution in [0.15, 0.2) is 36.4 Å². The van der Waals surface area contributed by atoms with Gasteiger partial charge < -0.3 is 14.8 Å². The van der Waals surface area contributed by atoms with Gasteiger partial charge in [-0.05, 0) is 38.0 Å². The van der Waals surface area contributed by atoms with E-state index in [0.717, 1.165) is 22.6 Å². The number of nitrogens with one attached hydrogen (secondary N) is 1. The van der Waals surface area contributed by atoms with E-state index in [1.54, 1.807) is 10.8 Å². The van der Waals surface area contributed by atoms with Crippen LogP contribution in [0.2, 0.25) is 0 Å². The predicted octanol–water partition coefficient (Wildman–Crippen LogP) is 2.75. The summed E-state index contributed by atoms with van der Waals surface area (Å²) in [5.74, 6) is -1.88. The van der Waals surface area contributed by atoms with Crippen molar-refractivity contribution in [3.8, 4) is 5.69 Å². The molecule has 0 saturated carbocycles. The summed E-state index contributed by atoms with van der Waals surface area (Å²) in [5, 5.41) is 7.08. The average Bonchev–Trinajstić information content (AvgIpc) is 3.07. The Morgan fingerprint density at radius 1 is 1.19 bits per heavy atom. The van der Waals surface area contributed by atoms with Gasteiger partial charge in [0.15, 0.2) is 6.61 Å². The molecule has 8 heteroatoms. The standard InChI is InChI=1S/C23H29N3O5/c1-6-15(2)22(23(29)30-5)24-20(27)14-31-21(28)13-12-19-16(3)25-26(17(19)4)18-10-8-7-9-11-18/h7-13,15,22H,6,14H2,1-5H3,(H,24,27)/b13-12+/t15-,22+/m0/s1. The van der Waals surface area contributed by atoms with Crippen LogP contribution in [0.5, 0.6) is 0 Å². The van der Waals surface area contributed by atoms with E-state index in [-0.39, 0.29) is 5.92 Å². The Bertz CT molecular complexity index is 950. The molecule has 8 nitrogen and oxygen atoms in total. The number of nitrogens with zero attached hydrogens (tertiary/aromatic N) is 2. The fraction of sp³-hybridized carbons (Fsp3) is 0.391. The molecule has 1 heterocycles. The van der Waals surface area contributed by atoms with Crippen molar-refractivity contribution in [3.63, 3.8) is 0 Å². The highest BCUT2D eigenvalue weighted by molar-refractivity contribution is 5.90. The monoisotopic (exact) mass is 427 g/mol. The van der Waals surface area contributed by atoms with Crippen molar-refractivity contribution >= 4 is 23.9 Å². The first-order valence-corrected chi connectivity index (χ1v) is 10.1. The predicted molar refractivity (Wildman–Crippen MR) is 116 cm³/mol. The van der Waals surface area contributed by atoms with Gasteiger partial charge in [0.1, 0.15) is 6.04 Å². The Balaban J connectivity index is 1.98. The minimum Gasteiger partial charge on any atom is -0.467 e. The molecule has 0 unspecified atom stereocenters.